The summed E-state index contributed by atoms with van der Waals surface area (Å²) in [6, 6.07) is 5.38. The molecule has 0 aliphatic carbocycles. The maximum atomic E-state index is 11.2. The zero-order chi connectivity index (χ0) is 11.5. The third-order valence-corrected chi connectivity index (χ3v) is 2.48. The Hall–Kier alpha value is -1.74. The van der Waals surface area contributed by atoms with Gasteiger partial charge in [0.2, 0.25) is 0 Å². The van der Waals surface area contributed by atoms with E-state index in [-0.39, 0.29) is 0 Å². The molecule has 80 valence electrons. The first kappa shape index (κ1) is 10.8. The van der Waals surface area contributed by atoms with E-state index >= 15 is 0 Å². The van der Waals surface area contributed by atoms with Gasteiger partial charge in [0.15, 0.2) is 0 Å². The van der Waals surface area contributed by atoms with E-state index in [1.807, 2.05) is 12.1 Å². The van der Waals surface area contributed by atoms with Gasteiger partial charge < -0.3 is 0 Å². The number of nitrogens with zero attached hydrogens (tertiary/aromatic N) is 2. The molecule has 0 radical (unpaired) electrons. The Labute approximate surface area is 98.1 Å². The summed E-state index contributed by atoms with van der Waals surface area (Å²) in [5.41, 5.74) is 2.81. The molecule has 0 aliphatic heterocycles. The summed E-state index contributed by atoms with van der Waals surface area (Å²) >= 11 is 5.49. The largest absolute Gasteiger partial charge is 0.276 e. The molecule has 0 fully saturated rings. The summed E-state index contributed by atoms with van der Waals surface area (Å²) in [4.78, 5) is 19.4. The Kier molecular flexibility index (Phi) is 2.97. The van der Waals surface area contributed by atoms with Gasteiger partial charge in [-0.3, -0.25) is 14.8 Å². The van der Waals surface area contributed by atoms with E-state index in [9.17, 15) is 4.79 Å². The molecule has 0 amide bonds. The minimum absolute atomic E-state index is 0.468. The quantitative estimate of drug-likeness (QED) is 0.748. The summed E-state index contributed by atoms with van der Waals surface area (Å²) in [6.07, 6.45) is 5.02. The molecule has 0 atom stereocenters. The molecular formula is C12H9ClN2O. The number of carbonyl (C=O) groups excluding carboxylic acids is 1. The minimum atomic E-state index is -0.468. The van der Waals surface area contributed by atoms with E-state index in [4.69, 9.17) is 11.6 Å². The third kappa shape index (κ3) is 2.09. The maximum Gasteiger partial charge on any atom is 0.252 e. The van der Waals surface area contributed by atoms with Gasteiger partial charge >= 0.3 is 0 Å². The second kappa shape index (κ2) is 4.41. The highest BCUT2D eigenvalue weighted by molar-refractivity contribution is 6.67. The molecule has 2 heterocycles. The molecule has 0 aromatic carbocycles. The third-order valence-electron chi connectivity index (χ3n) is 2.27. The fraction of sp³-hybridized carbons (Fsp3) is 0.0833. The molecule has 0 saturated heterocycles. The number of hydrogen-bond acceptors (Lipinski definition) is 3. The number of aryl methyl sites for hydroxylation is 1. The normalized spacial score (nSPS) is 10.1. The number of halogens is 1. The van der Waals surface area contributed by atoms with Crippen molar-refractivity contribution in [3.05, 3.63) is 47.9 Å². The molecule has 0 saturated carbocycles. The van der Waals surface area contributed by atoms with Gasteiger partial charge in [0.1, 0.15) is 0 Å². The van der Waals surface area contributed by atoms with Crippen LogP contribution in [-0.2, 0) is 0 Å². The van der Waals surface area contributed by atoms with Crippen LogP contribution in [0.15, 0.2) is 36.8 Å². The van der Waals surface area contributed by atoms with E-state index in [1.165, 1.54) is 0 Å². The van der Waals surface area contributed by atoms with Crippen LogP contribution in [0.5, 0.6) is 0 Å². The maximum absolute atomic E-state index is 11.2. The van der Waals surface area contributed by atoms with Crippen molar-refractivity contribution >= 4 is 16.8 Å². The fourth-order valence-corrected chi connectivity index (χ4v) is 1.61. The van der Waals surface area contributed by atoms with Gasteiger partial charge in [0, 0.05) is 29.7 Å². The molecule has 16 heavy (non-hydrogen) atoms. The SMILES string of the molecule is Cc1cnc(-c2cccnc2)cc1C(=O)Cl. The lowest BCUT2D eigenvalue weighted by Gasteiger charge is -2.04. The Bertz CT molecular complexity index is 526. The zero-order valence-corrected chi connectivity index (χ0v) is 9.40. The number of rotatable bonds is 2. The second-order valence-corrected chi connectivity index (χ2v) is 3.74. The van der Waals surface area contributed by atoms with Crippen molar-refractivity contribution in [1.82, 2.24) is 9.97 Å². The molecule has 3 nitrogen and oxygen atoms in total. The summed E-state index contributed by atoms with van der Waals surface area (Å²) in [5, 5.41) is -0.468. The predicted molar refractivity (Wildman–Crippen MR) is 62.4 cm³/mol. The van der Waals surface area contributed by atoms with Gasteiger partial charge in [0.05, 0.1) is 5.69 Å². The standard InChI is InChI=1S/C12H9ClN2O/c1-8-6-15-11(5-10(8)12(13)16)9-3-2-4-14-7-9/h2-7H,1H3. The highest BCUT2D eigenvalue weighted by Gasteiger charge is 2.08. The first-order valence-corrected chi connectivity index (χ1v) is 5.13. The van der Waals surface area contributed by atoms with Crippen molar-refractivity contribution in [3.8, 4) is 11.3 Å². The van der Waals surface area contributed by atoms with Crippen LogP contribution in [0.1, 0.15) is 15.9 Å². The number of carbonyl (C=O) groups is 1. The van der Waals surface area contributed by atoms with Crippen LogP contribution in [0.2, 0.25) is 0 Å². The first-order chi connectivity index (χ1) is 7.68. The van der Waals surface area contributed by atoms with Crippen molar-refractivity contribution in [2.45, 2.75) is 6.92 Å². The zero-order valence-electron chi connectivity index (χ0n) is 8.64. The van der Waals surface area contributed by atoms with Crippen LogP contribution >= 0.6 is 11.6 Å². The summed E-state index contributed by atoms with van der Waals surface area (Å²) < 4.78 is 0. The van der Waals surface area contributed by atoms with E-state index in [0.717, 1.165) is 11.1 Å². The Morgan fingerprint density at radius 2 is 2.19 bits per heavy atom. The Balaban J connectivity index is 2.52. The molecule has 2 rings (SSSR count). The number of hydrogen-bond donors (Lipinski definition) is 0. The molecule has 0 aliphatic rings. The summed E-state index contributed by atoms with van der Waals surface area (Å²) in [5.74, 6) is 0. The highest BCUT2D eigenvalue weighted by atomic mass is 35.5. The minimum Gasteiger partial charge on any atom is -0.276 e. The van der Waals surface area contributed by atoms with Gasteiger partial charge in [0.25, 0.3) is 5.24 Å². The van der Waals surface area contributed by atoms with Gasteiger partial charge in [-0.15, -0.1) is 0 Å². The van der Waals surface area contributed by atoms with Gasteiger partial charge in [-0.05, 0) is 42.3 Å². The van der Waals surface area contributed by atoms with Crippen molar-refractivity contribution in [2.24, 2.45) is 0 Å². The van der Waals surface area contributed by atoms with Crippen LogP contribution in [0.4, 0.5) is 0 Å². The van der Waals surface area contributed by atoms with Crippen molar-refractivity contribution in [1.29, 1.82) is 0 Å². The molecular weight excluding hydrogens is 224 g/mol. The first-order valence-electron chi connectivity index (χ1n) is 4.75. The van der Waals surface area contributed by atoms with Gasteiger partial charge in [-0.1, -0.05) is 0 Å². The molecule has 0 N–H and O–H groups in total. The molecule has 2 aromatic heterocycles. The number of pyridine rings is 2. The fourth-order valence-electron chi connectivity index (χ4n) is 1.41. The Morgan fingerprint density at radius 3 is 2.81 bits per heavy atom. The van der Waals surface area contributed by atoms with E-state index in [1.54, 1.807) is 31.6 Å². The summed E-state index contributed by atoms with van der Waals surface area (Å²) in [7, 11) is 0. The van der Waals surface area contributed by atoms with E-state index < -0.39 is 5.24 Å². The smallest absolute Gasteiger partial charge is 0.252 e. The van der Waals surface area contributed by atoms with Crippen LogP contribution < -0.4 is 0 Å². The van der Waals surface area contributed by atoms with Crippen LogP contribution in [0, 0.1) is 6.92 Å². The average molecular weight is 233 g/mol. The monoisotopic (exact) mass is 232 g/mol. The molecule has 0 unspecified atom stereocenters. The molecule has 0 spiro atoms. The lowest BCUT2D eigenvalue weighted by molar-refractivity contribution is 0.108. The highest BCUT2D eigenvalue weighted by Crippen LogP contribution is 2.19. The lowest BCUT2D eigenvalue weighted by atomic mass is 10.1. The average Bonchev–Trinajstić information content (AvgIpc) is 2.30. The number of aromatic nitrogens is 2. The molecule has 0 bridgehead atoms. The van der Waals surface area contributed by atoms with Crippen molar-refractivity contribution < 1.29 is 4.79 Å². The van der Waals surface area contributed by atoms with E-state index in [2.05, 4.69) is 9.97 Å². The lowest BCUT2D eigenvalue weighted by Crippen LogP contribution is -1.96. The topological polar surface area (TPSA) is 42.9 Å². The molecule has 2 aromatic rings. The molecule has 4 heteroatoms. The van der Waals surface area contributed by atoms with Crippen LogP contribution in [0.3, 0.4) is 0 Å². The van der Waals surface area contributed by atoms with Gasteiger partial charge in [-0.2, -0.15) is 0 Å². The van der Waals surface area contributed by atoms with Crippen LogP contribution in [-0.4, -0.2) is 15.2 Å². The Morgan fingerprint density at radius 1 is 1.38 bits per heavy atom. The van der Waals surface area contributed by atoms with Crippen molar-refractivity contribution in [2.75, 3.05) is 0 Å². The van der Waals surface area contributed by atoms with Crippen LogP contribution in [0.25, 0.3) is 11.3 Å². The van der Waals surface area contributed by atoms with E-state index in [0.29, 0.717) is 11.3 Å². The predicted octanol–water partition coefficient (Wildman–Crippen LogP) is 2.83. The second-order valence-electron chi connectivity index (χ2n) is 3.40. The summed E-state index contributed by atoms with van der Waals surface area (Å²) in [6.45, 7) is 1.80. The van der Waals surface area contributed by atoms with Gasteiger partial charge in [-0.25, -0.2) is 0 Å². The van der Waals surface area contributed by atoms with Crippen molar-refractivity contribution in [3.63, 3.8) is 0 Å².